The molecule has 0 amide bonds. The Morgan fingerprint density at radius 3 is 2.63 bits per heavy atom. The highest BCUT2D eigenvalue weighted by molar-refractivity contribution is 9.10. The van der Waals surface area contributed by atoms with Crippen molar-refractivity contribution in [3.8, 4) is 0 Å². The lowest BCUT2D eigenvalue weighted by molar-refractivity contribution is -0.385. The standard InChI is InChI=1S/C9H8BrF4N3O2/c1-4-5(17(18)19)2-15-7(6(4)10)16-3-9(13,14)8(11)12/h2,8H,3H2,1H3,(H,15,16). The quantitative estimate of drug-likeness (QED) is 0.504. The maximum absolute atomic E-state index is 12.7. The molecule has 0 aliphatic heterocycles. The fraction of sp³-hybridized carbons (Fsp3) is 0.444. The molecule has 1 heterocycles. The van der Waals surface area contributed by atoms with E-state index in [2.05, 4.69) is 20.9 Å². The van der Waals surface area contributed by atoms with E-state index in [0.29, 0.717) is 0 Å². The van der Waals surface area contributed by atoms with E-state index in [9.17, 15) is 27.7 Å². The van der Waals surface area contributed by atoms with Crippen molar-refractivity contribution in [1.82, 2.24) is 4.98 Å². The Labute approximate surface area is 113 Å². The molecule has 106 valence electrons. The molecule has 0 saturated carbocycles. The third-order valence-electron chi connectivity index (χ3n) is 2.24. The first kappa shape index (κ1) is 15.6. The normalized spacial score (nSPS) is 11.7. The maximum atomic E-state index is 12.7. The van der Waals surface area contributed by atoms with Gasteiger partial charge in [0, 0.05) is 5.56 Å². The van der Waals surface area contributed by atoms with Crippen molar-refractivity contribution in [3.63, 3.8) is 0 Å². The van der Waals surface area contributed by atoms with E-state index in [1.54, 1.807) is 0 Å². The van der Waals surface area contributed by atoms with Gasteiger partial charge in [-0.15, -0.1) is 0 Å². The molecule has 10 heteroatoms. The number of nitro groups is 1. The summed E-state index contributed by atoms with van der Waals surface area (Å²) < 4.78 is 49.4. The second-order valence-corrected chi connectivity index (χ2v) is 4.40. The van der Waals surface area contributed by atoms with E-state index in [4.69, 9.17) is 0 Å². The van der Waals surface area contributed by atoms with Gasteiger partial charge in [-0.05, 0) is 22.9 Å². The van der Waals surface area contributed by atoms with Crippen LogP contribution in [0.4, 0.5) is 29.1 Å². The van der Waals surface area contributed by atoms with Crippen LogP contribution in [0.5, 0.6) is 0 Å². The van der Waals surface area contributed by atoms with Crippen molar-refractivity contribution >= 4 is 27.4 Å². The molecule has 0 fully saturated rings. The van der Waals surface area contributed by atoms with Crippen LogP contribution in [0.3, 0.4) is 0 Å². The zero-order valence-corrected chi connectivity index (χ0v) is 11.0. The highest BCUT2D eigenvalue weighted by atomic mass is 79.9. The SMILES string of the molecule is Cc1c([N+](=O)[O-])cnc(NCC(F)(F)C(F)F)c1Br. The van der Waals surface area contributed by atoms with Gasteiger partial charge < -0.3 is 5.32 Å². The van der Waals surface area contributed by atoms with Gasteiger partial charge in [0.25, 0.3) is 5.69 Å². The minimum Gasteiger partial charge on any atom is -0.363 e. The minimum absolute atomic E-state index is 0.0757. The third-order valence-corrected chi connectivity index (χ3v) is 3.22. The first-order valence-corrected chi connectivity index (χ1v) is 5.65. The summed E-state index contributed by atoms with van der Waals surface area (Å²) in [5.41, 5.74) is -0.152. The molecule has 0 saturated heterocycles. The lowest BCUT2D eigenvalue weighted by Gasteiger charge is -2.17. The molecule has 0 unspecified atom stereocenters. The third kappa shape index (κ3) is 3.52. The van der Waals surface area contributed by atoms with Gasteiger partial charge in [0.15, 0.2) is 0 Å². The molecule has 0 aliphatic carbocycles. The van der Waals surface area contributed by atoms with E-state index in [1.807, 2.05) is 5.32 Å². The van der Waals surface area contributed by atoms with Crippen LogP contribution in [0.25, 0.3) is 0 Å². The number of hydrogen-bond donors (Lipinski definition) is 1. The van der Waals surface area contributed by atoms with Gasteiger partial charge in [-0.3, -0.25) is 10.1 Å². The van der Waals surface area contributed by atoms with E-state index in [0.717, 1.165) is 6.20 Å². The molecular weight excluding hydrogens is 338 g/mol. The van der Waals surface area contributed by atoms with E-state index in [1.165, 1.54) is 6.92 Å². The Morgan fingerprint density at radius 2 is 2.16 bits per heavy atom. The molecular formula is C9H8BrF4N3O2. The van der Waals surface area contributed by atoms with Crippen molar-refractivity contribution in [2.45, 2.75) is 19.3 Å². The highest BCUT2D eigenvalue weighted by Gasteiger charge is 2.40. The number of nitrogens with one attached hydrogen (secondary N) is 1. The number of nitrogens with zero attached hydrogens (tertiary/aromatic N) is 2. The summed E-state index contributed by atoms with van der Waals surface area (Å²) in [4.78, 5) is 13.5. The Hall–Kier alpha value is -1.45. The molecule has 0 aromatic carbocycles. The Bertz CT molecular complexity index is 499. The zero-order valence-electron chi connectivity index (χ0n) is 9.46. The highest BCUT2D eigenvalue weighted by Crippen LogP contribution is 2.31. The molecule has 0 aliphatic rings. The fourth-order valence-electron chi connectivity index (χ4n) is 1.16. The number of alkyl halides is 4. The van der Waals surface area contributed by atoms with Crippen LogP contribution in [0.2, 0.25) is 0 Å². The summed E-state index contributed by atoms with van der Waals surface area (Å²) >= 11 is 2.94. The van der Waals surface area contributed by atoms with Crippen LogP contribution in [-0.2, 0) is 0 Å². The summed E-state index contributed by atoms with van der Waals surface area (Å²) in [5.74, 6) is -4.38. The molecule has 1 aromatic heterocycles. The van der Waals surface area contributed by atoms with Crippen LogP contribution in [0, 0.1) is 17.0 Å². The zero-order chi connectivity index (χ0) is 14.8. The van der Waals surface area contributed by atoms with E-state index < -0.39 is 23.8 Å². The van der Waals surface area contributed by atoms with Crippen molar-refractivity contribution in [2.75, 3.05) is 11.9 Å². The molecule has 0 spiro atoms. The lowest BCUT2D eigenvalue weighted by atomic mass is 10.2. The lowest BCUT2D eigenvalue weighted by Crippen LogP contribution is -2.35. The number of rotatable bonds is 5. The number of anilines is 1. The van der Waals surface area contributed by atoms with Gasteiger partial charge in [-0.1, -0.05) is 0 Å². The maximum Gasteiger partial charge on any atom is 0.324 e. The largest absolute Gasteiger partial charge is 0.363 e. The average molecular weight is 346 g/mol. The Kier molecular flexibility index (Phi) is 4.66. The fourth-order valence-corrected chi connectivity index (χ4v) is 1.60. The van der Waals surface area contributed by atoms with E-state index >= 15 is 0 Å². The number of hydrogen-bond acceptors (Lipinski definition) is 4. The Balaban J connectivity index is 2.93. The van der Waals surface area contributed by atoms with Gasteiger partial charge in [0.2, 0.25) is 0 Å². The van der Waals surface area contributed by atoms with Crippen LogP contribution in [0.1, 0.15) is 5.56 Å². The van der Waals surface area contributed by atoms with E-state index in [-0.39, 0.29) is 21.5 Å². The summed E-state index contributed by atoms with van der Waals surface area (Å²) in [6.07, 6.45) is -2.94. The number of pyridine rings is 1. The topological polar surface area (TPSA) is 68.1 Å². The van der Waals surface area contributed by atoms with Crippen LogP contribution in [0.15, 0.2) is 10.7 Å². The van der Waals surface area contributed by atoms with Gasteiger partial charge in [0.1, 0.15) is 12.0 Å². The molecule has 1 N–H and O–H groups in total. The minimum atomic E-state index is -4.21. The molecule has 0 atom stereocenters. The summed E-state index contributed by atoms with van der Waals surface area (Å²) in [7, 11) is 0. The molecule has 5 nitrogen and oxygen atoms in total. The molecule has 19 heavy (non-hydrogen) atoms. The summed E-state index contributed by atoms with van der Waals surface area (Å²) in [5, 5.41) is 12.6. The van der Waals surface area contributed by atoms with Gasteiger partial charge in [-0.2, -0.15) is 8.78 Å². The van der Waals surface area contributed by atoms with Crippen molar-refractivity contribution < 1.29 is 22.5 Å². The summed E-state index contributed by atoms with van der Waals surface area (Å²) in [6.45, 7) is 0.0495. The van der Waals surface area contributed by atoms with Crippen LogP contribution in [-0.4, -0.2) is 28.8 Å². The van der Waals surface area contributed by atoms with Crippen molar-refractivity contribution in [1.29, 1.82) is 0 Å². The molecule has 0 radical (unpaired) electrons. The molecule has 0 bridgehead atoms. The number of halogens is 5. The van der Waals surface area contributed by atoms with Gasteiger partial charge in [0.05, 0.1) is 15.9 Å². The first-order chi connectivity index (χ1) is 8.66. The van der Waals surface area contributed by atoms with Crippen LogP contribution < -0.4 is 5.32 Å². The predicted octanol–water partition coefficient (Wildman–Crippen LogP) is 3.37. The average Bonchev–Trinajstić information content (AvgIpc) is 2.30. The van der Waals surface area contributed by atoms with Gasteiger partial charge in [-0.25, -0.2) is 13.8 Å². The first-order valence-electron chi connectivity index (χ1n) is 4.86. The smallest absolute Gasteiger partial charge is 0.324 e. The second kappa shape index (κ2) is 5.68. The monoisotopic (exact) mass is 345 g/mol. The predicted molar refractivity (Wildman–Crippen MR) is 62.8 cm³/mol. The van der Waals surface area contributed by atoms with Crippen LogP contribution >= 0.6 is 15.9 Å². The van der Waals surface area contributed by atoms with Crippen molar-refractivity contribution in [2.24, 2.45) is 0 Å². The van der Waals surface area contributed by atoms with Crippen molar-refractivity contribution in [3.05, 3.63) is 26.3 Å². The second-order valence-electron chi connectivity index (χ2n) is 3.60. The summed E-state index contributed by atoms with van der Waals surface area (Å²) in [6, 6.07) is 0. The number of aromatic nitrogens is 1. The Morgan fingerprint density at radius 1 is 1.58 bits per heavy atom. The molecule has 1 rings (SSSR count). The van der Waals surface area contributed by atoms with Gasteiger partial charge >= 0.3 is 12.3 Å². The molecule has 1 aromatic rings.